The van der Waals surface area contributed by atoms with E-state index in [4.69, 9.17) is 16.3 Å². The summed E-state index contributed by atoms with van der Waals surface area (Å²) in [6.07, 6.45) is 0.940. The SMILES string of the molecule is CCOc1cc(CC(=O)CCc2cc(C)c(N3CC(F)(F)C3)nn2)cc(Cl)n1. The van der Waals surface area contributed by atoms with Gasteiger partial charge in [0.1, 0.15) is 10.9 Å². The van der Waals surface area contributed by atoms with E-state index in [2.05, 4.69) is 15.2 Å². The summed E-state index contributed by atoms with van der Waals surface area (Å²) in [5.74, 6) is -1.77. The zero-order chi connectivity index (χ0) is 20.3. The zero-order valence-electron chi connectivity index (χ0n) is 15.7. The van der Waals surface area contributed by atoms with E-state index in [1.165, 1.54) is 4.90 Å². The van der Waals surface area contributed by atoms with E-state index in [0.717, 1.165) is 11.1 Å². The molecule has 28 heavy (non-hydrogen) atoms. The Kier molecular flexibility index (Phi) is 6.07. The van der Waals surface area contributed by atoms with Crippen molar-refractivity contribution >= 4 is 23.2 Å². The van der Waals surface area contributed by atoms with Gasteiger partial charge in [-0.05, 0) is 43.5 Å². The molecule has 0 aromatic carbocycles. The maximum Gasteiger partial charge on any atom is 0.282 e. The second-order valence-electron chi connectivity index (χ2n) is 6.84. The van der Waals surface area contributed by atoms with Crippen molar-refractivity contribution < 1.29 is 18.3 Å². The summed E-state index contributed by atoms with van der Waals surface area (Å²) in [4.78, 5) is 17.8. The number of carbonyl (C=O) groups is 1. The van der Waals surface area contributed by atoms with E-state index >= 15 is 0 Å². The van der Waals surface area contributed by atoms with Crippen molar-refractivity contribution in [2.45, 2.75) is 39.0 Å². The molecular formula is C19H21ClF2N4O2. The molecule has 0 aliphatic carbocycles. The molecule has 3 rings (SSSR count). The first-order chi connectivity index (χ1) is 13.3. The number of hydrogen-bond acceptors (Lipinski definition) is 6. The number of aryl methyl sites for hydroxylation is 2. The Labute approximate surface area is 166 Å². The van der Waals surface area contributed by atoms with Crippen molar-refractivity contribution in [3.05, 3.63) is 40.2 Å². The topological polar surface area (TPSA) is 68.2 Å². The largest absolute Gasteiger partial charge is 0.478 e. The van der Waals surface area contributed by atoms with Crippen LogP contribution in [0.1, 0.15) is 30.2 Å². The van der Waals surface area contributed by atoms with Crippen LogP contribution in [0.5, 0.6) is 5.88 Å². The van der Waals surface area contributed by atoms with Crippen LogP contribution in [0.2, 0.25) is 5.15 Å². The van der Waals surface area contributed by atoms with Gasteiger partial charge in [-0.25, -0.2) is 13.8 Å². The molecule has 0 bridgehead atoms. The average molecular weight is 411 g/mol. The fourth-order valence-electron chi connectivity index (χ4n) is 3.06. The number of anilines is 1. The van der Waals surface area contributed by atoms with Gasteiger partial charge in [0.15, 0.2) is 5.82 Å². The molecule has 0 atom stereocenters. The minimum absolute atomic E-state index is 0.0237. The summed E-state index contributed by atoms with van der Waals surface area (Å²) in [5, 5.41) is 8.42. The quantitative estimate of drug-likeness (QED) is 0.621. The maximum atomic E-state index is 13.0. The molecule has 2 aromatic heterocycles. The van der Waals surface area contributed by atoms with Gasteiger partial charge in [0.05, 0.1) is 25.4 Å². The second kappa shape index (κ2) is 8.34. The molecule has 1 aliphatic rings. The van der Waals surface area contributed by atoms with Gasteiger partial charge < -0.3 is 9.64 Å². The van der Waals surface area contributed by atoms with Crippen LogP contribution in [-0.2, 0) is 17.6 Å². The van der Waals surface area contributed by atoms with Crippen LogP contribution >= 0.6 is 11.6 Å². The van der Waals surface area contributed by atoms with E-state index in [-0.39, 0.29) is 30.4 Å². The Morgan fingerprint density at radius 3 is 2.68 bits per heavy atom. The standard InChI is InChI=1S/C19H21ClF2N4O2/c1-3-28-17-9-13(8-16(20)23-17)7-15(27)5-4-14-6-12(2)18(25-24-14)26-10-19(21,22)11-26/h6,8-9H,3-5,7,10-11H2,1-2H3. The highest BCUT2D eigenvalue weighted by Gasteiger charge is 2.45. The van der Waals surface area contributed by atoms with Gasteiger partial charge in [-0.2, -0.15) is 5.10 Å². The molecule has 0 N–H and O–H groups in total. The number of nitrogens with zero attached hydrogens (tertiary/aromatic N) is 4. The smallest absolute Gasteiger partial charge is 0.282 e. The van der Waals surface area contributed by atoms with Crippen LogP contribution in [0.3, 0.4) is 0 Å². The maximum absolute atomic E-state index is 13.0. The first-order valence-electron chi connectivity index (χ1n) is 9.02. The Hall–Kier alpha value is -2.35. The Morgan fingerprint density at radius 1 is 1.29 bits per heavy atom. The lowest BCUT2D eigenvalue weighted by molar-refractivity contribution is -0.118. The molecule has 1 aliphatic heterocycles. The van der Waals surface area contributed by atoms with Crippen LogP contribution in [-0.4, -0.2) is 46.6 Å². The van der Waals surface area contributed by atoms with Gasteiger partial charge in [-0.3, -0.25) is 4.79 Å². The van der Waals surface area contributed by atoms with E-state index in [9.17, 15) is 13.6 Å². The predicted molar refractivity (Wildman–Crippen MR) is 101 cm³/mol. The third-order valence-electron chi connectivity index (χ3n) is 4.34. The highest BCUT2D eigenvalue weighted by molar-refractivity contribution is 6.29. The van der Waals surface area contributed by atoms with Crippen molar-refractivity contribution in [3.8, 4) is 5.88 Å². The highest BCUT2D eigenvalue weighted by Crippen LogP contribution is 2.32. The molecule has 150 valence electrons. The summed E-state index contributed by atoms with van der Waals surface area (Å²) in [7, 11) is 0. The molecule has 1 fully saturated rings. The van der Waals surface area contributed by atoms with Gasteiger partial charge in [0, 0.05) is 18.9 Å². The zero-order valence-corrected chi connectivity index (χ0v) is 16.5. The summed E-state index contributed by atoms with van der Waals surface area (Å²) in [6, 6.07) is 5.14. The molecule has 0 unspecified atom stereocenters. The molecule has 0 amide bonds. The number of pyridine rings is 1. The number of rotatable bonds is 8. The number of carbonyl (C=O) groups excluding carboxylic acids is 1. The van der Waals surface area contributed by atoms with Gasteiger partial charge in [-0.1, -0.05) is 11.6 Å². The Morgan fingerprint density at radius 2 is 2.04 bits per heavy atom. The fraction of sp³-hybridized carbons (Fsp3) is 0.474. The van der Waals surface area contributed by atoms with E-state index < -0.39 is 5.92 Å². The average Bonchev–Trinajstić information content (AvgIpc) is 2.58. The lowest BCUT2D eigenvalue weighted by atomic mass is 10.0. The third-order valence-corrected chi connectivity index (χ3v) is 4.53. The lowest BCUT2D eigenvalue weighted by Crippen LogP contribution is -2.57. The summed E-state index contributed by atoms with van der Waals surface area (Å²) < 4.78 is 31.4. The predicted octanol–water partition coefficient (Wildman–Crippen LogP) is 3.43. The van der Waals surface area contributed by atoms with Crippen molar-refractivity contribution in [1.29, 1.82) is 0 Å². The molecule has 6 nitrogen and oxygen atoms in total. The minimum Gasteiger partial charge on any atom is -0.478 e. The van der Waals surface area contributed by atoms with Crippen molar-refractivity contribution in [2.75, 3.05) is 24.6 Å². The van der Waals surface area contributed by atoms with Crippen LogP contribution in [0, 0.1) is 6.92 Å². The molecule has 0 spiro atoms. The van der Waals surface area contributed by atoms with E-state index in [1.807, 2.05) is 6.92 Å². The van der Waals surface area contributed by atoms with Gasteiger partial charge >= 0.3 is 0 Å². The molecule has 0 radical (unpaired) electrons. The van der Waals surface area contributed by atoms with Gasteiger partial charge in [0.25, 0.3) is 5.92 Å². The number of halogens is 3. The number of aromatic nitrogens is 3. The van der Waals surface area contributed by atoms with Crippen LogP contribution in [0.4, 0.5) is 14.6 Å². The summed E-state index contributed by atoms with van der Waals surface area (Å²) >= 11 is 5.96. The fourth-order valence-corrected chi connectivity index (χ4v) is 3.28. The molecule has 3 heterocycles. The summed E-state index contributed by atoms with van der Waals surface area (Å²) in [5.41, 5.74) is 2.17. The second-order valence-corrected chi connectivity index (χ2v) is 7.23. The minimum atomic E-state index is -2.66. The first kappa shape index (κ1) is 20.4. The van der Waals surface area contributed by atoms with Crippen LogP contribution in [0.15, 0.2) is 18.2 Å². The number of ether oxygens (including phenoxy) is 1. The van der Waals surface area contributed by atoms with Crippen LogP contribution < -0.4 is 9.64 Å². The van der Waals surface area contributed by atoms with Crippen LogP contribution in [0.25, 0.3) is 0 Å². The molecule has 1 saturated heterocycles. The molecule has 2 aromatic rings. The Bertz CT molecular complexity index is 871. The normalized spacial score (nSPS) is 15.2. The number of Topliss-reactive ketones (excluding diaryl/α,β-unsaturated/α-hetero) is 1. The lowest BCUT2D eigenvalue weighted by Gasteiger charge is -2.39. The first-order valence-corrected chi connectivity index (χ1v) is 9.40. The molecular weight excluding hydrogens is 390 g/mol. The van der Waals surface area contributed by atoms with Gasteiger partial charge in [-0.15, -0.1) is 5.10 Å². The van der Waals surface area contributed by atoms with Crippen molar-refractivity contribution in [1.82, 2.24) is 15.2 Å². The summed E-state index contributed by atoms with van der Waals surface area (Å²) in [6.45, 7) is 3.44. The molecule has 0 saturated carbocycles. The Balaban J connectivity index is 1.55. The van der Waals surface area contributed by atoms with Crippen molar-refractivity contribution in [2.24, 2.45) is 0 Å². The molecule has 9 heteroatoms. The van der Waals surface area contributed by atoms with Gasteiger partial charge in [0.2, 0.25) is 5.88 Å². The van der Waals surface area contributed by atoms with E-state index in [1.54, 1.807) is 25.1 Å². The number of ketones is 1. The third kappa shape index (κ3) is 5.13. The van der Waals surface area contributed by atoms with E-state index in [0.29, 0.717) is 36.8 Å². The highest BCUT2D eigenvalue weighted by atomic mass is 35.5. The monoisotopic (exact) mass is 410 g/mol. The number of alkyl halides is 2. The van der Waals surface area contributed by atoms with Crippen molar-refractivity contribution in [3.63, 3.8) is 0 Å². The number of hydrogen-bond donors (Lipinski definition) is 0.